The average molecular weight is 186 g/mol. The highest BCUT2D eigenvalue weighted by atomic mass is 15.4. The maximum atomic E-state index is 8.51. The molecule has 2 aromatic heterocycles. The van der Waals surface area contributed by atoms with Gasteiger partial charge in [0, 0.05) is 12.4 Å². The molecular formula is C8H6N6. The number of rotatable bonds is 1. The van der Waals surface area contributed by atoms with Gasteiger partial charge in [-0.3, -0.25) is 0 Å². The molecule has 2 aromatic rings. The third-order valence-electron chi connectivity index (χ3n) is 1.56. The first-order valence-corrected chi connectivity index (χ1v) is 3.90. The van der Waals surface area contributed by atoms with E-state index in [9.17, 15) is 0 Å². The number of nitrogens with zero attached hydrogens (tertiary/aromatic N) is 6. The second-order valence-corrected chi connectivity index (χ2v) is 2.68. The van der Waals surface area contributed by atoms with Crippen LogP contribution in [0, 0.1) is 18.3 Å². The van der Waals surface area contributed by atoms with Crippen molar-refractivity contribution in [2.24, 2.45) is 0 Å². The molecule has 0 aliphatic heterocycles. The second kappa shape index (κ2) is 3.22. The molecule has 0 fully saturated rings. The van der Waals surface area contributed by atoms with Gasteiger partial charge >= 0.3 is 0 Å². The Kier molecular flexibility index (Phi) is 1.91. The SMILES string of the molecule is Cc1cnc(-n2cnc(C#N)n2)nc1. The van der Waals surface area contributed by atoms with Gasteiger partial charge in [-0.05, 0) is 12.5 Å². The molecule has 0 N–H and O–H groups in total. The Morgan fingerprint density at radius 2 is 2.00 bits per heavy atom. The number of hydrogen-bond acceptors (Lipinski definition) is 5. The molecule has 68 valence electrons. The van der Waals surface area contributed by atoms with E-state index in [0.717, 1.165) is 5.56 Å². The fourth-order valence-corrected chi connectivity index (χ4v) is 0.915. The quantitative estimate of drug-likeness (QED) is 0.637. The summed E-state index contributed by atoms with van der Waals surface area (Å²) in [7, 11) is 0. The third-order valence-corrected chi connectivity index (χ3v) is 1.56. The highest BCUT2D eigenvalue weighted by molar-refractivity contribution is 5.14. The summed E-state index contributed by atoms with van der Waals surface area (Å²) in [6.07, 6.45) is 4.76. The number of nitriles is 1. The zero-order valence-electron chi connectivity index (χ0n) is 7.42. The van der Waals surface area contributed by atoms with Gasteiger partial charge in [0.15, 0.2) is 0 Å². The predicted octanol–water partition coefficient (Wildman–Crippen LogP) is 0.237. The van der Waals surface area contributed by atoms with Gasteiger partial charge in [-0.1, -0.05) is 0 Å². The summed E-state index contributed by atoms with van der Waals surface area (Å²) in [6, 6.07) is 1.83. The van der Waals surface area contributed by atoms with E-state index in [1.165, 1.54) is 11.0 Å². The summed E-state index contributed by atoms with van der Waals surface area (Å²) in [5, 5.41) is 12.4. The normalized spacial score (nSPS) is 9.71. The molecule has 0 spiro atoms. The average Bonchev–Trinajstić information content (AvgIpc) is 2.67. The molecule has 0 saturated heterocycles. The van der Waals surface area contributed by atoms with Crippen molar-refractivity contribution >= 4 is 0 Å². The van der Waals surface area contributed by atoms with Crippen LogP contribution in [0.3, 0.4) is 0 Å². The minimum absolute atomic E-state index is 0.106. The van der Waals surface area contributed by atoms with Crippen LogP contribution in [0.2, 0.25) is 0 Å². The lowest BCUT2D eigenvalue weighted by Crippen LogP contribution is -2.01. The molecule has 2 rings (SSSR count). The number of aryl methyl sites for hydroxylation is 1. The lowest BCUT2D eigenvalue weighted by atomic mass is 10.4. The Hall–Kier alpha value is -2.29. The molecule has 0 aliphatic carbocycles. The Morgan fingerprint density at radius 1 is 1.29 bits per heavy atom. The van der Waals surface area contributed by atoms with Crippen LogP contribution in [0.4, 0.5) is 0 Å². The van der Waals surface area contributed by atoms with Crippen LogP contribution < -0.4 is 0 Å². The summed E-state index contributed by atoms with van der Waals surface area (Å²) < 4.78 is 1.36. The van der Waals surface area contributed by atoms with E-state index in [4.69, 9.17) is 5.26 Å². The number of aromatic nitrogens is 5. The molecule has 0 atom stereocenters. The van der Waals surface area contributed by atoms with Crippen molar-refractivity contribution in [3.8, 4) is 12.0 Å². The third kappa shape index (κ3) is 1.43. The fourth-order valence-electron chi connectivity index (χ4n) is 0.915. The zero-order chi connectivity index (χ0) is 9.97. The highest BCUT2D eigenvalue weighted by Crippen LogP contribution is 1.98. The van der Waals surface area contributed by atoms with Gasteiger partial charge in [0.2, 0.25) is 0 Å². The maximum Gasteiger partial charge on any atom is 0.252 e. The topological polar surface area (TPSA) is 80.3 Å². The maximum absolute atomic E-state index is 8.51. The molecule has 0 aliphatic rings. The monoisotopic (exact) mass is 186 g/mol. The molecule has 2 heterocycles. The van der Waals surface area contributed by atoms with Crippen molar-refractivity contribution < 1.29 is 0 Å². The van der Waals surface area contributed by atoms with Gasteiger partial charge in [-0.25, -0.2) is 15.0 Å². The molecular weight excluding hydrogens is 180 g/mol. The van der Waals surface area contributed by atoms with Crippen molar-refractivity contribution in [1.82, 2.24) is 24.7 Å². The minimum Gasteiger partial charge on any atom is -0.219 e. The van der Waals surface area contributed by atoms with Crippen LogP contribution in [-0.2, 0) is 0 Å². The Bertz CT molecular complexity index is 477. The van der Waals surface area contributed by atoms with E-state index in [-0.39, 0.29) is 5.82 Å². The molecule has 0 amide bonds. The van der Waals surface area contributed by atoms with Gasteiger partial charge in [-0.2, -0.15) is 9.94 Å². The van der Waals surface area contributed by atoms with Crippen LogP contribution in [0.5, 0.6) is 0 Å². The largest absolute Gasteiger partial charge is 0.252 e. The van der Waals surface area contributed by atoms with Crippen molar-refractivity contribution in [3.63, 3.8) is 0 Å². The van der Waals surface area contributed by atoms with Crippen LogP contribution >= 0.6 is 0 Å². The first kappa shape index (κ1) is 8.31. The van der Waals surface area contributed by atoms with Gasteiger partial charge in [0.25, 0.3) is 11.8 Å². The van der Waals surface area contributed by atoms with Crippen molar-refractivity contribution in [2.75, 3.05) is 0 Å². The van der Waals surface area contributed by atoms with E-state index < -0.39 is 0 Å². The lowest BCUT2D eigenvalue weighted by Gasteiger charge is -1.96. The second-order valence-electron chi connectivity index (χ2n) is 2.68. The van der Waals surface area contributed by atoms with Crippen molar-refractivity contribution in [3.05, 3.63) is 30.1 Å². The van der Waals surface area contributed by atoms with E-state index in [1.54, 1.807) is 12.4 Å². The zero-order valence-corrected chi connectivity index (χ0v) is 7.42. The predicted molar refractivity (Wildman–Crippen MR) is 46.4 cm³/mol. The summed E-state index contributed by atoms with van der Waals surface area (Å²) in [5.74, 6) is 0.513. The van der Waals surface area contributed by atoms with Crippen molar-refractivity contribution in [1.29, 1.82) is 5.26 Å². The van der Waals surface area contributed by atoms with E-state index in [2.05, 4.69) is 20.1 Å². The van der Waals surface area contributed by atoms with E-state index in [1.807, 2.05) is 13.0 Å². The summed E-state index contributed by atoms with van der Waals surface area (Å²) in [5.41, 5.74) is 0.967. The Labute approximate surface area is 79.9 Å². The molecule has 6 heteroatoms. The highest BCUT2D eigenvalue weighted by Gasteiger charge is 2.02. The van der Waals surface area contributed by atoms with Crippen LogP contribution in [0.15, 0.2) is 18.7 Å². The first-order chi connectivity index (χ1) is 6.79. The van der Waals surface area contributed by atoms with Crippen LogP contribution in [0.1, 0.15) is 11.4 Å². The number of hydrogen-bond donors (Lipinski definition) is 0. The van der Waals surface area contributed by atoms with Gasteiger partial charge < -0.3 is 0 Å². The van der Waals surface area contributed by atoms with Gasteiger partial charge in [0.05, 0.1) is 0 Å². The lowest BCUT2D eigenvalue weighted by molar-refractivity contribution is 0.800. The molecule has 14 heavy (non-hydrogen) atoms. The Morgan fingerprint density at radius 3 is 2.57 bits per heavy atom. The smallest absolute Gasteiger partial charge is 0.219 e. The van der Waals surface area contributed by atoms with Crippen LogP contribution in [0.25, 0.3) is 5.95 Å². The van der Waals surface area contributed by atoms with E-state index >= 15 is 0 Å². The minimum atomic E-state index is 0.106. The molecule has 0 saturated carbocycles. The first-order valence-electron chi connectivity index (χ1n) is 3.90. The molecule has 0 aromatic carbocycles. The van der Waals surface area contributed by atoms with Gasteiger partial charge in [0.1, 0.15) is 12.4 Å². The molecule has 0 radical (unpaired) electrons. The summed E-state index contributed by atoms with van der Waals surface area (Å²) in [6.45, 7) is 1.89. The Balaban J connectivity index is 2.40. The van der Waals surface area contributed by atoms with Crippen molar-refractivity contribution in [2.45, 2.75) is 6.92 Å². The fraction of sp³-hybridized carbons (Fsp3) is 0.125. The van der Waals surface area contributed by atoms with Crippen LogP contribution in [-0.4, -0.2) is 24.7 Å². The van der Waals surface area contributed by atoms with Gasteiger partial charge in [-0.15, -0.1) is 5.10 Å². The summed E-state index contributed by atoms with van der Waals surface area (Å²) in [4.78, 5) is 11.8. The molecule has 0 bridgehead atoms. The molecule has 0 unspecified atom stereocenters. The molecule has 6 nitrogen and oxygen atoms in total. The summed E-state index contributed by atoms with van der Waals surface area (Å²) >= 11 is 0. The standard InChI is InChI=1S/C8H6N6/c1-6-3-10-8(11-4-6)14-5-12-7(2-9)13-14/h3-5H,1H3. The van der Waals surface area contributed by atoms with E-state index in [0.29, 0.717) is 5.95 Å².